The molecule has 122 valence electrons. The van der Waals surface area contributed by atoms with Crippen LogP contribution in [0.5, 0.6) is 0 Å². The van der Waals surface area contributed by atoms with Crippen LogP contribution in [-0.2, 0) is 4.79 Å². The number of rotatable bonds is 3. The molecule has 1 aromatic carbocycles. The molecule has 2 aliphatic carbocycles. The molecule has 2 fully saturated rings. The van der Waals surface area contributed by atoms with Crippen LogP contribution < -0.4 is 11.1 Å². The smallest absolute Gasteiger partial charge is 0.225 e. The highest BCUT2D eigenvalue weighted by atomic mass is 35.5. The average Bonchev–Trinajstić information content (AvgIpc) is 2.98. The lowest BCUT2D eigenvalue weighted by Crippen LogP contribution is -2.45. The van der Waals surface area contributed by atoms with Gasteiger partial charge in [-0.25, -0.2) is 4.39 Å². The van der Waals surface area contributed by atoms with Crippen molar-refractivity contribution in [2.45, 2.75) is 38.3 Å². The van der Waals surface area contributed by atoms with Crippen molar-refractivity contribution < 1.29 is 9.18 Å². The quantitative estimate of drug-likeness (QED) is 0.880. The van der Waals surface area contributed by atoms with E-state index in [0.29, 0.717) is 16.9 Å². The van der Waals surface area contributed by atoms with Gasteiger partial charge >= 0.3 is 0 Å². The first-order valence-corrected chi connectivity index (χ1v) is 7.86. The Bertz CT molecular complexity index is 567. The third kappa shape index (κ3) is 3.10. The van der Waals surface area contributed by atoms with E-state index in [1.807, 2.05) is 6.92 Å². The van der Waals surface area contributed by atoms with Crippen LogP contribution in [0, 0.1) is 23.6 Å². The molecule has 0 heterocycles. The molecule has 1 amide bonds. The molecule has 3 N–H and O–H groups in total. The first-order valence-electron chi connectivity index (χ1n) is 7.48. The minimum Gasteiger partial charge on any atom is -0.349 e. The summed E-state index contributed by atoms with van der Waals surface area (Å²) in [5, 5.41) is 3.32. The highest BCUT2D eigenvalue weighted by molar-refractivity contribution is 6.31. The number of nitrogens with two attached hydrogens (primary N) is 1. The largest absolute Gasteiger partial charge is 0.349 e. The molecule has 2 saturated carbocycles. The van der Waals surface area contributed by atoms with Gasteiger partial charge in [0.15, 0.2) is 0 Å². The maximum absolute atomic E-state index is 13.1. The van der Waals surface area contributed by atoms with Gasteiger partial charge in [0.25, 0.3) is 0 Å². The Morgan fingerprint density at radius 1 is 1.41 bits per heavy atom. The van der Waals surface area contributed by atoms with Gasteiger partial charge in [0.1, 0.15) is 5.82 Å². The summed E-state index contributed by atoms with van der Waals surface area (Å²) in [6.07, 6.45) is 3.32. The average molecular weight is 347 g/mol. The summed E-state index contributed by atoms with van der Waals surface area (Å²) in [6, 6.07) is 3.95. The van der Waals surface area contributed by atoms with Gasteiger partial charge in [-0.2, -0.15) is 0 Å². The minimum atomic E-state index is -0.377. The van der Waals surface area contributed by atoms with Crippen molar-refractivity contribution in [1.29, 1.82) is 0 Å². The number of halogens is 3. The Morgan fingerprint density at radius 3 is 2.68 bits per heavy atom. The van der Waals surface area contributed by atoms with Crippen LogP contribution in [0.15, 0.2) is 18.2 Å². The fourth-order valence-electron chi connectivity index (χ4n) is 3.96. The van der Waals surface area contributed by atoms with Crippen molar-refractivity contribution in [1.82, 2.24) is 5.32 Å². The normalized spacial score (nSPS) is 30.7. The summed E-state index contributed by atoms with van der Waals surface area (Å²) < 4.78 is 13.1. The zero-order chi connectivity index (χ0) is 15.1. The van der Waals surface area contributed by atoms with Crippen LogP contribution in [0.3, 0.4) is 0 Å². The van der Waals surface area contributed by atoms with Crippen molar-refractivity contribution >= 4 is 29.9 Å². The van der Waals surface area contributed by atoms with Gasteiger partial charge in [-0.05, 0) is 55.7 Å². The third-order valence-electron chi connectivity index (χ3n) is 5.07. The molecule has 22 heavy (non-hydrogen) atoms. The summed E-state index contributed by atoms with van der Waals surface area (Å²) in [6.45, 7) is 1.86. The van der Waals surface area contributed by atoms with E-state index in [4.69, 9.17) is 17.3 Å². The Hall–Kier alpha value is -0.840. The number of fused-ring (bicyclic) bond motifs is 2. The summed E-state index contributed by atoms with van der Waals surface area (Å²) >= 11 is 6.04. The summed E-state index contributed by atoms with van der Waals surface area (Å²) in [7, 11) is 0. The zero-order valence-electron chi connectivity index (χ0n) is 12.4. The van der Waals surface area contributed by atoms with Gasteiger partial charge in [-0.3, -0.25) is 4.79 Å². The number of benzene rings is 1. The second-order valence-corrected chi connectivity index (χ2v) is 6.74. The molecule has 5 atom stereocenters. The van der Waals surface area contributed by atoms with Crippen LogP contribution in [0.1, 0.15) is 37.8 Å². The minimum absolute atomic E-state index is 0. The molecule has 6 heteroatoms. The number of hydrogen-bond acceptors (Lipinski definition) is 2. The lowest BCUT2D eigenvalue weighted by Gasteiger charge is -2.28. The molecular weight excluding hydrogens is 326 g/mol. The topological polar surface area (TPSA) is 55.1 Å². The van der Waals surface area contributed by atoms with Crippen molar-refractivity contribution in [2.24, 2.45) is 23.5 Å². The van der Waals surface area contributed by atoms with Crippen molar-refractivity contribution in [3.63, 3.8) is 0 Å². The van der Waals surface area contributed by atoms with E-state index in [9.17, 15) is 9.18 Å². The molecule has 3 nitrogen and oxygen atoms in total. The first kappa shape index (κ1) is 17.5. The lowest BCUT2D eigenvalue weighted by atomic mass is 9.84. The van der Waals surface area contributed by atoms with Gasteiger partial charge in [0.2, 0.25) is 5.91 Å². The third-order valence-corrected chi connectivity index (χ3v) is 5.40. The van der Waals surface area contributed by atoms with E-state index in [1.54, 1.807) is 6.07 Å². The first-order chi connectivity index (χ1) is 9.97. The van der Waals surface area contributed by atoms with Crippen LogP contribution >= 0.6 is 24.0 Å². The number of amides is 1. The van der Waals surface area contributed by atoms with Gasteiger partial charge < -0.3 is 11.1 Å². The van der Waals surface area contributed by atoms with Crippen LogP contribution in [0.25, 0.3) is 0 Å². The summed E-state index contributed by atoms with van der Waals surface area (Å²) in [5.74, 6) is 0.446. The van der Waals surface area contributed by atoms with E-state index in [1.165, 1.54) is 12.1 Å². The number of hydrogen-bond donors (Lipinski definition) is 2. The predicted molar refractivity (Wildman–Crippen MR) is 87.5 cm³/mol. The molecule has 1 aromatic rings. The molecule has 0 aromatic heterocycles. The SMILES string of the molecule is CC(NC(=O)C1C2CCC(C2)C1N)c1ccc(F)cc1Cl.Cl. The fourth-order valence-corrected chi connectivity index (χ4v) is 4.30. The molecule has 3 rings (SSSR count). The van der Waals surface area contributed by atoms with Crippen LogP contribution in [0.4, 0.5) is 4.39 Å². The van der Waals surface area contributed by atoms with Crippen LogP contribution in [-0.4, -0.2) is 11.9 Å². The van der Waals surface area contributed by atoms with Gasteiger partial charge in [-0.15, -0.1) is 12.4 Å². The lowest BCUT2D eigenvalue weighted by molar-refractivity contribution is -0.127. The van der Waals surface area contributed by atoms with Gasteiger partial charge in [-0.1, -0.05) is 17.7 Å². The Labute approximate surface area is 141 Å². The zero-order valence-corrected chi connectivity index (χ0v) is 14.0. The molecule has 0 spiro atoms. The Balaban J connectivity index is 0.00000176. The molecule has 0 saturated heterocycles. The maximum Gasteiger partial charge on any atom is 0.225 e. The standard InChI is InChI=1S/C16H20ClFN2O.ClH/c1-8(12-5-4-11(18)7-13(12)17)20-16(21)14-9-2-3-10(6-9)15(14)19;/h4-5,7-10,14-15H,2-3,6,19H2,1H3,(H,20,21);1H. The molecule has 5 unspecified atom stereocenters. The number of nitrogens with one attached hydrogen (secondary N) is 1. The molecule has 2 aliphatic rings. The molecule has 0 radical (unpaired) electrons. The van der Waals surface area contributed by atoms with E-state index in [-0.39, 0.29) is 42.1 Å². The molecular formula is C16H21Cl2FN2O. The highest BCUT2D eigenvalue weighted by Crippen LogP contribution is 2.47. The van der Waals surface area contributed by atoms with Crippen molar-refractivity contribution in [2.75, 3.05) is 0 Å². The second kappa shape index (κ2) is 6.73. The summed E-state index contributed by atoms with van der Waals surface area (Å²) in [4.78, 5) is 12.5. The second-order valence-electron chi connectivity index (χ2n) is 6.33. The van der Waals surface area contributed by atoms with E-state index in [0.717, 1.165) is 24.8 Å². The van der Waals surface area contributed by atoms with Gasteiger partial charge in [0, 0.05) is 11.1 Å². The summed E-state index contributed by atoms with van der Waals surface area (Å²) in [5.41, 5.74) is 6.92. The Morgan fingerprint density at radius 2 is 2.09 bits per heavy atom. The number of carbonyl (C=O) groups is 1. The van der Waals surface area contributed by atoms with E-state index >= 15 is 0 Å². The highest BCUT2D eigenvalue weighted by Gasteiger charge is 2.49. The molecule has 2 bridgehead atoms. The molecule has 0 aliphatic heterocycles. The van der Waals surface area contributed by atoms with Crippen molar-refractivity contribution in [3.05, 3.63) is 34.6 Å². The van der Waals surface area contributed by atoms with Gasteiger partial charge in [0.05, 0.1) is 12.0 Å². The maximum atomic E-state index is 13.1. The number of carbonyl (C=O) groups excluding carboxylic acids is 1. The fraction of sp³-hybridized carbons (Fsp3) is 0.562. The van der Waals surface area contributed by atoms with E-state index < -0.39 is 0 Å². The Kier molecular flexibility index (Phi) is 5.36. The predicted octanol–water partition coefficient (Wildman–Crippen LogP) is 3.45. The van der Waals surface area contributed by atoms with E-state index in [2.05, 4.69) is 5.32 Å². The monoisotopic (exact) mass is 346 g/mol. The van der Waals surface area contributed by atoms with Crippen LogP contribution in [0.2, 0.25) is 5.02 Å². The van der Waals surface area contributed by atoms with Crippen molar-refractivity contribution in [3.8, 4) is 0 Å².